The molecule has 4 N–H and O–H groups in total. The predicted octanol–water partition coefficient (Wildman–Crippen LogP) is 1.80. The number of H-pyrrole nitrogens is 1. The molecule has 0 saturated carbocycles. The summed E-state index contributed by atoms with van der Waals surface area (Å²) in [5.41, 5.74) is 1.21. The Morgan fingerprint density at radius 3 is 2.77 bits per heavy atom. The molecule has 0 radical (unpaired) electrons. The molecule has 2 heterocycles. The molecule has 1 fully saturated rings. The number of aromatic hydroxyl groups is 1. The number of fused-ring (bicyclic) bond motifs is 1. The number of carbonyl (C=O) groups excluding carboxylic acids is 2. The van der Waals surface area contributed by atoms with E-state index in [1.165, 1.54) is 12.1 Å². The fraction of sp³-hybridized carbons (Fsp3) is 0.211. The van der Waals surface area contributed by atoms with Gasteiger partial charge in [-0.15, -0.1) is 0 Å². The second kappa shape index (κ2) is 6.18. The minimum absolute atomic E-state index is 0.0294. The number of phenols is 1. The van der Waals surface area contributed by atoms with E-state index in [0.717, 1.165) is 5.56 Å². The molecule has 0 spiro atoms. The number of nitrogens with one attached hydrogen (secondary N) is 3. The second-order valence-electron chi connectivity index (χ2n) is 6.48. The lowest BCUT2D eigenvalue weighted by Crippen LogP contribution is -2.48. The highest BCUT2D eigenvalue weighted by Gasteiger charge is 2.39. The van der Waals surface area contributed by atoms with Crippen molar-refractivity contribution >= 4 is 22.7 Å². The summed E-state index contributed by atoms with van der Waals surface area (Å²) in [6.45, 7) is 0.259. The smallest absolute Gasteiger partial charge is 0.272 e. The summed E-state index contributed by atoms with van der Waals surface area (Å²) in [5.74, 6) is -0.326. The number of aromatic nitrogens is 2. The van der Waals surface area contributed by atoms with E-state index >= 15 is 0 Å². The Morgan fingerprint density at radius 1 is 1.23 bits per heavy atom. The molecule has 0 bridgehead atoms. The molecule has 0 aliphatic carbocycles. The number of nitrogens with zero attached hydrogens (tertiary/aromatic N) is 1. The van der Waals surface area contributed by atoms with Crippen molar-refractivity contribution in [1.82, 2.24) is 20.8 Å². The van der Waals surface area contributed by atoms with E-state index < -0.39 is 5.54 Å². The van der Waals surface area contributed by atoms with Gasteiger partial charge in [-0.3, -0.25) is 14.7 Å². The first-order valence-electron chi connectivity index (χ1n) is 8.39. The van der Waals surface area contributed by atoms with Gasteiger partial charge in [-0.25, -0.2) is 0 Å². The van der Waals surface area contributed by atoms with Crippen LogP contribution in [-0.2, 0) is 10.3 Å². The van der Waals surface area contributed by atoms with Crippen LogP contribution in [0.1, 0.15) is 28.9 Å². The maximum absolute atomic E-state index is 12.7. The number of rotatable bonds is 4. The summed E-state index contributed by atoms with van der Waals surface area (Å²) in [5, 5.41) is 22.9. The van der Waals surface area contributed by atoms with Crippen LogP contribution in [0.15, 0.2) is 48.5 Å². The second-order valence-corrected chi connectivity index (χ2v) is 6.48. The van der Waals surface area contributed by atoms with E-state index in [1.807, 2.05) is 30.3 Å². The third-order valence-corrected chi connectivity index (χ3v) is 4.80. The van der Waals surface area contributed by atoms with E-state index in [-0.39, 0.29) is 29.8 Å². The molecule has 7 heteroatoms. The van der Waals surface area contributed by atoms with Crippen LogP contribution in [-0.4, -0.2) is 33.7 Å². The highest BCUT2D eigenvalue weighted by Crippen LogP contribution is 2.31. The third-order valence-electron chi connectivity index (χ3n) is 4.80. The van der Waals surface area contributed by atoms with E-state index in [0.29, 0.717) is 23.7 Å². The molecule has 1 aromatic heterocycles. The summed E-state index contributed by atoms with van der Waals surface area (Å²) in [4.78, 5) is 24.5. The van der Waals surface area contributed by atoms with E-state index in [4.69, 9.17) is 0 Å². The summed E-state index contributed by atoms with van der Waals surface area (Å²) >= 11 is 0. The van der Waals surface area contributed by atoms with Gasteiger partial charge >= 0.3 is 0 Å². The van der Waals surface area contributed by atoms with Crippen molar-refractivity contribution in [2.24, 2.45) is 0 Å². The monoisotopic (exact) mass is 350 g/mol. The Kier molecular flexibility index (Phi) is 3.84. The van der Waals surface area contributed by atoms with Gasteiger partial charge in [0.05, 0.1) is 11.1 Å². The largest absolute Gasteiger partial charge is 0.508 e. The first-order valence-corrected chi connectivity index (χ1v) is 8.39. The molecule has 1 atom stereocenters. The lowest BCUT2D eigenvalue weighted by molar-refractivity contribution is -0.119. The van der Waals surface area contributed by atoms with Crippen LogP contribution in [0.3, 0.4) is 0 Å². The number of aromatic amines is 1. The molecule has 132 valence electrons. The highest BCUT2D eigenvalue weighted by molar-refractivity contribution is 6.05. The van der Waals surface area contributed by atoms with Crippen LogP contribution in [0.4, 0.5) is 0 Å². The van der Waals surface area contributed by atoms with Crippen molar-refractivity contribution in [2.45, 2.75) is 18.4 Å². The average Bonchev–Trinajstić information content (AvgIpc) is 3.24. The normalized spacial score (nSPS) is 19.5. The fourth-order valence-electron chi connectivity index (χ4n) is 3.42. The molecule has 4 rings (SSSR count). The molecule has 2 amide bonds. The fourth-order valence-corrected chi connectivity index (χ4v) is 3.42. The van der Waals surface area contributed by atoms with E-state index in [2.05, 4.69) is 20.8 Å². The Balaban J connectivity index is 1.59. The lowest BCUT2D eigenvalue weighted by Gasteiger charge is -2.30. The molecule has 1 saturated heterocycles. The number of hydrogen-bond acceptors (Lipinski definition) is 4. The van der Waals surface area contributed by atoms with Crippen molar-refractivity contribution in [3.63, 3.8) is 0 Å². The van der Waals surface area contributed by atoms with Crippen LogP contribution in [0.5, 0.6) is 5.75 Å². The summed E-state index contributed by atoms with van der Waals surface area (Å²) < 4.78 is 0. The third kappa shape index (κ3) is 2.77. The Labute approximate surface area is 149 Å². The Bertz CT molecular complexity index is 983. The number of hydrogen-bond donors (Lipinski definition) is 4. The van der Waals surface area contributed by atoms with Crippen LogP contribution in [0.2, 0.25) is 0 Å². The molecule has 3 aromatic rings. The first-order chi connectivity index (χ1) is 12.6. The molecule has 1 unspecified atom stereocenters. The molecule has 1 aliphatic rings. The topological polar surface area (TPSA) is 107 Å². The predicted molar refractivity (Wildman–Crippen MR) is 95.6 cm³/mol. The molecular weight excluding hydrogens is 332 g/mol. The van der Waals surface area contributed by atoms with Crippen molar-refractivity contribution in [2.75, 3.05) is 6.54 Å². The van der Waals surface area contributed by atoms with Gasteiger partial charge in [-0.05, 0) is 30.2 Å². The molecule has 2 aromatic carbocycles. The Hall–Kier alpha value is -3.35. The number of carbonyl (C=O) groups is 2. The van der Waals surface area contributed by atoms with Gasteiger partial charge in [0.2, 0.25) is 5.91 Å². The molecule has 26 heavy (non-hydrogen) atoms. The average molecular weight is 350 g/mol. The van der Waals surface area contributed by atoms with Gasteiger partial charge in [0.15, 0.2) is 5.69 Å². The van der Waals surface area contributed by atoms with E-state index in [1.54, 1.807) is 6.07 Å². The molecular formula is C19H18N4O3. The van der Waals surface area contributed by atoms with Crippen LogP contribution < -0.4 is 10.6 Å². The van der Waals surface area contributed by atoms with Gasteiger partial charge in [-0.2, -0.15) is 5.10 Å². The highest BCUT2D eigenvalue weighted by atomic mass is 16.3. The van der Waals surface area contributed by atoms with Gasteiger partial charge < -0.3 is 15.7 Å². The van der Waals surface area contributed by atoms with Crippen molar-refractivity contribution < 1.29 is 14.7 Å². The zero-order valence-electron chi connectivity index (χ0n) is 14.0. The summed E-state index contributed by atoms with van der Waals surface area (Å²) in [6, 6.07) is 14.3. The maximum Gasteiger partial charge on any atom is 0.272 e. The Morgan fingerprint density at radius 2 is 2.04 bits per heavy atom. The summed E-state index contributed by atoms with van der Waals surface area (Å²) in [7, 11) is 0. The van der Waals surface area contributed by atoms with Crippen molar-refractivity contribution in [3.05, 3.63) is 59.8 Å². The number of phenolic OH excluding ortho intramolecular Hbond substituents is 1. The standard InChI is InChI=1S/C19H18N4O3/c24-13-6-7-15-14(10-13)17(23-22-15)18(26)20-11-19(9-8-16(25)21-19)12-4-2-1-3-5-12/h1-7,10,24H,8-9,11H2,(H,20,26)(H,21,25)(H,22,23). The van der Waals surface area contributed by atoms with Crippen molar-refractivity contribution in [3.8, 4) is 5.75 Å². The van der Waals surface area contributed by atoms with Crippen LogP contribution in [0, 0.1) is 0 Å². The summed E-state index contributed by atoms with van der Waals surface area (Å²) in [6.07, 6.45) is 1.03. The number of amides is 2. The van der Waals surface area contributed by atoms with Gasteiger partial charge in [0.25, 0.3) is 5.91 Å². The van der Waals surface area contributed by atoms with Crippen LogP contribution in [0.25, 0.3) is 10.9 Å². The minimum Gasteiger partial charge on any atom is -0.508 e. The van der Waals surface area contributed by atoms with Gasteiger partial charge in [0.1, 0.15) is 5.75 Å². The molecule has 1 aliphatic heterocycles. The SMILES string of the molecule is O=C1CCC(CNC(=O)c2n[nH]c3ccc(O)cc23)(c2ccccc2)N1. The maximum atomic E-state index is 12.7. The van der Waals surface area contributed by atoms with Crippen molar-refractivity contribution in [1.29, 1.82) is 0 Å². The van der Waals surface area contributed by atoms with Crippen LogP contribution >= 0.6 is 0 Å². The zero-order valence-corrected chi connectivity index (χ0v) is 14.0. The first kappa shape index (κ1) is 16.1. The van der Waals surface area contributed by atoms with E-state index in [9.17, 15) is 14.7 Å². The molecule has 7 nitrogen and oxygen atoms in total. The lowest BCUT2D eigenvalue weighted by atomic mass is 9.88. The zero-order chi connectivity index (χ0) is 18.1. The minimum atomic E-state index is -0.623. The van der Waals surface area contributed by atoms with Gasteiger partial charge in [-0.1, -0.05) is 30.3 Å². The number of benzene rings is 2. The van der Waals surface area contributed by atoms with Gasteiger partial charge in [0, 0.05) is 18.4 Å². The quantitative estimate of drug-likeness (QED) is 0.575.